The molecule has 3 rings (SSSR count). The summed E-state index contributed by atoms with van der Waals surface area (Å²) < 4.78 is 5.54. The highest BCUT2D eigenvalue weighted by Gasteiger charge is 2.15. The second kappa shape index (κ2) is 10.5. The van der Waals surface area contributed by atoms with Gasteiger partial charge in [-0.3, -0.25) is 4.79 Å². The third-order valence-electron chi connectivity index (χ3n) is 3.81. The standard InChI is InChI=1S/C19H22N2O2S.ClH/c22-19(14-20-13-15-7-6-12-23-15)21-17-10-4-5-11-18(17)24-16-8-2-1-3-9-16;/h1-5,8-11,15,20H,6-7,12-14H2,(H,21,22);1H. The molecule has 6 heteroatoms. The lowest BCUT2D eigenvalue weighted by Crippen LogP contribution is -2.33. The van der Waals surface area contributed by atoms with Crippen molar-refractivity contribution in [3.63, 3.8) is 0 Å². The lowest BCUT2D eigenvalue weighted by atomic mass is 10.2. The SMILES string of the molecule is Cl.O=C(CNCC1CCCO1)Nc1ccccc1Sc1ccccc1. The van der Waals surface area contributed by atoms with Crippen LogP contribution in [0.15, 0.2) is 64.4 Å². The average Bonchev–Trinajstić information content (AvgIpc) is 3.11. The number of amides is 1. The third-order valence-corrected chi connectivity index (χ3v) is 4.90. The zero-order chi connectivity index (χ0) is 16.6. The van der Waals surface area contributed by atoms with E-state index in [0.717, 1.165) is 41.5 Å². The van der Waals surface area contributed by atoms with Gasteiger partial charge in [-0.2, -0.15) is 0 Å². The number of benzene rings is 2. The van der Waals surface area contributed by atoms with E-state index >= 15 is 0 Å². The number of para-hydroxylation sites is 1. The molecule has 2 aromatic carbocycles. The number of ether oxygens (including phenoxy) is 1. The van der Waals surface area contributed by atoms with Gasteiger partial charge in [0.15, 0.2) is 0 Å². The molecule has 1 heterocycles. The Bertz CT molecular complexity index is 663. The quantitative estimate of drug-likeness (QED) is 0.765. The summed E-state index contributed by atoms with van der Waals surface area (Å²) in [5, 5.41) is 6.17. The van der Waals surface area contributed by atoms with Crippen LogP contribution in [0.1, 0.15) is 12.8 Å². The Morgan fingerprint density at radius 3 is 2.64 bits per heavy atom. The summed E-state index contributed by atoms with van der Waals surface area (Å²) in [7, 11) is 0. The molecular formula is C19H23ClN2O2S. The first-order valence-electron chi connectivity index (χ1n) is 8.25. The van der Waals surface area contributed by atoms with E-state index in [4.69, 9.17) is 4.74 Å². The fourth-order valence-corrected chi connectivity index (χ4v) is 3.54. The molecule has 0 radical (unpaired) electrons. The highest BCUT2D eigenvalue weighted by Crippen LogP contribution is 2.33. The van der Waals surface area contributed by atoms with E-state index < -0.39 is 0 Å². The highest BCUT2D eigenvalue weighted by molar-refractivity contribution is 7.99. The third kappa shape index (κ3) is 6.36. The molecule has 1 fully saturated rings. The topological polar surface area (TPSA) is 50.4 Å². The number of carbonyl (C=O) groups is 1. The summed E-state index contributed by atoms with van der Waals surface area (Å²) in [5.41, 5.74) is 0.843. The molecule has 0 saturated carbocycles. The van der Waals surface area contributed by atoms with Crippen molar-refractivity contribution < 1.29 is 9.53 Å². The number of rotatable bonds is 7. The largest absolute Gasteiger partial charge is 0.377 e. The van der Waals surface area contributed by atoms with Crippen LogP contribution >= 0.6 is 24.2 Å². The van der Waals surface area contributed by atoms with Crippen LogP contribution in [-0.4, -0.2) is 31.7 Å². The van der Waals surface area contributed by atoms with E-state index in [1.165, 1.54) is 0 Å². The molecule has 4 nitrogen and oxygen atoms in total. The molecular weight excluding hydrogens is 356 g/mol. The predicted molar refractivity (Wildman–Crippen MR) is 105 cm³/mol. The minimum absolute atomic E-state index is 0. The van der Waals surface area contributed by atoms with Crippen LogP contribution < -0.4 is 10.6 Å². The van der Waals surface area contributed by atoms with Crippen LogP contribution in [0.5, 0.6) is 0 Å². The van der Waals surface area contributed by atoms with Crippen molar-refractivity contribution in [2.24, 2.45) is 0 Å². The summed E-state index contributed by atoms with van der Waals surface area (Å²) in [5.74, 6) is -0.0332. The summed E-state index contributed by atoms with van der Waals surface area (Å²) in [6.07, 6.45) is 2.44. The van der Waals surface area contributed by atoms with Crippen LogP contribution in [0.25, 0.3) is 0 Å². The maximum absolute atomic E-state index is 12.2. The minimum Gasteiger partial charge on any atom is -0.377 e. The zero-order valence-corrected chi connectivity index (χ0v) is 15.6. The van der Waals surface area contributed by atoms with Crippen LogP contribution in [0.3, 0.4) is 0 Å². The van der Waals surface area contributed by atoms with E-state index in [1.807, 2.05) is 42.5 Å². The predicted octanol–water partition coefficient (Wildman–Crippen LogP) is 3.97. The molecule has 1 atom stereocenters. The van der Waals surface area contributed by atoms with Gasteiger partial charge in [0.25, 0.3) is 0 Å². The van der Waals surface area contributed by atoms with Crippen molar-refractivity contribution in [1.29, 1.82) is 0 Å². The van der Waals surface area contributed by atoms with Crippen molar-refractivity contribution in [2.75, 3.05) is 25.0 Å². The van der Waals surface area contributed by atoms with Crippen LogP contribution in [0.4, 0.5) is 5.69 Å². The second-order valence-corrected chi connectivity index (χ2v) is 6.84. The summed E-state index contributed by atoms with van der Waals surface area (Å²) in [4.78, 5) is 14.4. The van der Waals surface area contributed by atoms with Gasteiger partial charge in [-0.1, -0.05) is 42.1 Å². The molecule has 1 amide bonds. The Hall–Kier alpha value is -1.53. The molecule has 1 saturated heterocycles. The second-order valence-electron chi connectivity index (χ2n) is 5.73. The molecule has 25 heavy (non-hydrogen) atoms. The maximum atomic E-state index is 12.2. The minimum atomic E-state index is -0.0332. The normalized spacial score (nSPS) is 16.2. The Morgan fingerprint density at radius 2 is 1.88 bits per heavy atom. The van der Waals surface area contributed by atoms with Gasteiger partial charge >= 0.3 is 0 Å². The molecule has 1 aliphatic heterocycles. The van der Waals surface area contributed by atoms with Gasteiger partial charge < -0.3 is 15.4 Å². The van der Waals surface area contributed by atoms with Crippen molar-refractivity contribution in [3.05, 3.63) is 54.6 Å². The Balaban J connectivity index is 0.00000225. The van der Waals surface area contributed by atoms with Gasteiger partial charge in [0.05, 0.1) is 18.3 Å². The van der Waals surface area contributed by atoms with Crippen LogP contribution in [0.2, 0.25) is 0 Å². The summed E-state index contributed by atoms with van der Waals surface area (Å²) in [6.45, 7) is 1.86. The first kappa shape index (κ1) is 19.8. The average molecular weight is 379 g/mol. The first-order valence-corrected chi connectivity index (χ1v) is 9.07. The van der Waals surface area contributed by atoms with Gasteiger partial charge in [0, 0.05) is 22.9 Å². The summed E-state index contributed by atoms with van der Waals surface area (Å²) >= 11 is 1.65. The van der Waals surface area contributed by atoms with Gasteiger partial charge in [-0.15, -0.1) is 12.4 Å². The van der Waals surface area contributed by atoms with Crippen molar-refractivity contribution in [2.45, 2.75) is 28.7 Å². The molecule has 0 bridgehead atoms. The van der Waals surface area contributed by atoms with Gasteiger partial charge in [-0.05, 0) is 37.1 Å². The Labute approximate surface area is 159 Å². The Morgan fingerprint density at radius 1 is 1.12 bits per heavy atom. The first-order chi connectivity index (χ1) is 11.8. The highest BCUT2D eigenvalue weighted by atomic mass is 35.5. The number of halogens is 1. The smallest absolute Gasteiger partial charge is 0.238 e. The molecule has 1 unspecified atom stereocenters. The lowest BCUT2D eigenvalue weighted by molar-refractivity contribution is -0.115. The molecule has 0 aliphatic carbocycles. The molecule has 1 aliphatic rings. The van der Waals surface area contributed by atoms with Crippen LogP contribution in [0, 0.1) is 0 Å². The van der Waals surface area contributed by atoms with Crippen molar-refractivity contribution >= 4 is 35.8 Å². The molecule has 2 N–H and O–H groups in total. The van der Waals surface area contributed by atoms with E-state index in [1.54, 1.807) is 11.8 Å². The fraction of sp³-hybridized carbons (Fsp3) is 0.316. The van der Waals surface area contributed by atoms with Crippen LogP contribution in [-0.2, 0) is 9.53 Å². The molecule has 0 spiro atoms. The van der Waals surface area contributed by atoms with E-state index in [9.17, 15) is 4.79 Å². The number of hydrogen-bond donors (Lipinski definition) is 2. The van der Waals surface area contributed by atoms with E-state index in [0.29, 0.717) is 6.54 Å². The fourth-order valence-electron chi connectivity index (χ4n) is 2.62. The molecule has 2 aromatic rings. The van der Waals surface area contributed by atoms with E-state index in [2.05, 4.69) is 22.8 Å². The van der Waals surface area contributed by atoms with Crippen molar-refractivity contribution in [3.8, 4) is 0 Å². The van der Waals surface area contributed by atoms with Gasteiger partial charge in [0.1, 0.15) is 0 Å². The molecule has 134 valence electrons. The molecule has 0 aromatic heterocycles. The maximum Gasteiger partial charge on any atom is 0.238 e. The number of carbonyl (C=O) groups excluding carboxylic acids is 1. The number of nitrogens with one attached hydrogen (secondary N) is 2. The van der Waals surface area contributed by atoms with E-state index in [-0.39, 0.29) is 24.4 Å². The van der Waals surface area contributed by atoms with Gasteiger partial charge in [0.2, 0.25) is 5.91 Å². The van der Waals surface area contributed by atoms with Crippen molar-refractivity contribution in [1.82, 2.24) is 5.32 Å². The summed E-state index contributed by atoms with van der Waals surface area (Å²) in [6, 6.07) is 18.0. The zero-order valence-electron chi connectivity index (χ0n) is 13.9. The number of hydrogen-bond acceptors (Lipinski definition) is 4. The monoisotopic (exact) mass is 378 g/mol. The Kier molecular flexibility index (Phi) is 8.28. The number of anilines is 1. The lowest BCUT2D eigenvalue weighted by Gasteiger charge is -2.13. The van der Waals surface area contributed by atoms with Gasteiger partial charge in [-0.25, -0.2) is 0 Å².